The molecule has 0 unspecified atom stereocenters. The van der Waals surface area contributed by atoms with E-state index in [9.17, 15) is 9.18 Å². The Hall–Kier alpha value is -1.42. The largest absolute Gasteiger partial charge is 0.478 e. The number of benzene rings is 1. The molecular weight excluding hydrogens is 245 g/mol. The molecule has 19 heavy (non-hydrogen) atoms. The van der Waals surface area contributed by atoms with Crippen LogP contribution in [0, 0.1) is 11.7 Å². The number of carboxylic acid groups (broad SMARTS) is 1. The maximum absolute atomic E-state index is 13.3. The van der Waals surface area contributed by atoms with E-state index < -0.39 is 11.8 Å². The Morgan fingerprint density at radius 1 is 1.47 bits per heavy atom. The van der Waals surface area contributed by atoms with Crippen LogP contribution in [0.5, 0.6) is 0 Å². The number of carboxylic acids is 1. The van der Waals surface area contributed by atoms with E-state index in [0.717, 1.165) is 12.1 Å². The lowest BCUT2D eigenvalue weighted by atomic mass is 10.1. The molecule has 0 radical (unpaired) electrons. The van der Waals surface area contributed by atoms with Gasteiger partial charge in [-0.2, -0.15) is 0 Å². The lowest BCUT2D eigenvalue weighted by Crippen LogP contribution is -2.29. The maximum atomic E-state index is 13.3. The number of carbonyl (C=O) groups is 1. The summed E-state index contributed by atoms with van der Waals surface area (Å²) in [5.41, 5.74) is 0.629. The fourth-order valence-electron chi connectivity index (χ4n) is 2.32. The van der Waals surface area contributed by atoms with Gasteiger partial charge in [0, 0.05) is 19.1 Å². The van der Waals surface area contributed by atoms with Gasteiger partial charge in [-0.3, -0.25) is 4.90 Å². The highest BCUT2D eigenvalue weighted by atomic mass is 19.1. The fraction of sp³-hybridized carbons (Fsp3) is 0.533. The molecule has 0 amide bonds. The van der Waals surface area contributed by atoms with Gasteiger partial charge in [0.25, 0.3) is 0 Å². The zero-order valence-corrected chi connectivity index (χ0v) is 11.4. The molecule has 1 N–H and O–H groups in total. The van der Waals surface area contributed by atoms with Gasteiger partial charge in [0.15, 0.2) is 0 Å². The minimum absolute atomic E-state index is 0.238. The monoisotopic (exact) mass is 265 g/mol. The smallest absolute Gasteiger partial charge is 0.338 e. The average Bonchev–Trinajstić information content (AvgIpc) is 3.13. The standard InChI is InChI=1S/C15H20FNO2/c1-10(2)8-17(12-4-5-12)9-11-3-6-14(16)13(7-11)15(18)19/h3,6-7,10,12H,4-5,8-9H2,1-2H3,(H,18,19). The molecule has 1 saturated carbocycles. The van der Waals surface area contributed by atoms with Crippen LogP contribution in [0.3, 0.4) is 0 Å². The van der Waals surface area contributed by atoms with E-state index >= 15 is 0 Å². The SMILES string of the molecule is CC(C)CN(Cc1ccc(F)c(C(=O)O)c1)C1CC1. The van der Waals surface area contributed by atoms with Gasteiger partial charge in [-0.05, 0) is 36.5 Å². The second-order valence-corrected chi connectivity index (χ2v) is 5.67. The van der Waals surface area contributed by atoms with Crippen LogP contribution in [-0.2, 0) is 6.54 Å². The van der Waals surface area contributed by atoms with E-state index in [0.29, 0.717) is 18.5 Å². The summed E-state index contributed by atoms with van der Waals surface area (Å²) in [6.07, 6.45) is 2.42. The Morgan fingerprint density at radius 2 is 2.16 bits per heavy atom. The number of hydrogen-bond acceptors (Lipinski definition) is 2. The Labute approximate surface area is 113 Å². The highest BCUT2D eigenvalue weighted by Crippen LogP contribution is 2.29. The maximum Gasteiger partial charge on any atom is 0.338 e. The van der Waals surface area contributed by atoms with Gasteiger partial charge in [0.05, 0.1) is 5.56 Å². The van der Waals surface area contributed by atoms with Crippen molar-refractivity contribution in [2.75, 3.05) is 6.54 Å². The van der Waals surface area contributed by atoms with Crippen LogP contribution in [0.4, 0.5) is 4.39 Å². The molecule has 0 saturated heterocycles. The molecule has 0 aromatic heterocycles. The van der Waals surface area contributed by atoms with Gasteiger partial charge in [0.2, 0.25) is 0 Å². The van der Waals surface area contributed by atoms with Crippen molar-refractivity contribution in [1.29, 1.82) is 0 Å². The van der Waals surface area contributed by atoms with E-state index in [1.165, 1.54) is 25.0 Å². The van der Waals surface area contributed by atoms with Crippen molar-refractivity contribution < 1.29 is 14.3 Å². The molecule has 2 rings (SSSR count). The first kappa shape index (κ1) is 14.0. The molecule has 0 spiro atoms. The van der Waals surface area contributed by atoms with Crippen molar-refractivity contribution in [3.8, 4) is 0 Å². The number of nitrogens with zero attached hydrogens (tertiary/aromatic N) is 1. The van der Waals surface area contributed by atoms with E-state index in [4.69, 9.17) is 5.11 Å². The predicted octanol–water partition coefficient (Wildman–Crippen LogP) is 3.14. The first-order valence-corrected chi connectivity index (χ1v) is 6.73. The van der Waals surface area contributed by atoms with Crippen LogP contribution < -0.4 is 0 Å². The number of halogens is 1. The van der Waals surface area contributed by atoms with Crippen molar-refractivity contribution in [1.82, 2.24) is 4.90 Å². The van der Waals surface area contributed by atoms with Gasteiger partial charge >= 0.3 is 5.97 Å². The fourth-order valence-corrected chi connectivity index (χ4v) is 2.32. The summed E-state index contributed by atoms with van der Waals surface area (Å²) >= 11 is 0. The average molecular weight is 265 g/mol. The third-order valence-electron chi connectivity index (χ3n) is 3.31. The Kier molecular flexibility index (Phi) is 4.20. The van der Waals surface area contributed by atoms with Crippen LogP contribution in [-0.4, -0.2) is 28.6 Å². The van der Waals surface area contributed by atoms with Gasteiger partial charge in [-0.25, -0.2) is 9.18 Å². The molecule has 1 aromatic carbocycles. The number of aromatic carboxylic acids is 1. The van der Waals surface area contributed by atoms with Gasteiger partial charge < -0.3 is 5.11 Å². The van der Waals surface area contributed by atoms with Crippen molar-refractivity contribution >= 4 is 5.97 Å². The molecule has 0 bridgehead atoms. The lowest BCUT2D eigenvalue weighted by molar-refractivity contribution is 0.0691. The summed E-state index contributed by atoms with van der Waals surface area (Å²) in [5.74, 6) is -1.31. The summed E-state index contributed by atoms with van der Waals surface area (Å²) in [5, 5.41) is 8.94. The van der Waals surface area contributed by atoms with Gasteiger partial charge in [0.1, 0.15) is 5.82 Å². The molecule has 0 atom stereocenters. The Morgan fingerprint density at radius 3 is 2.68 bits per heavy atom. The minimum atomic E-state index is -1.21. The van der Waals surface area contributed by atoms with Crippen LogP contribution in [0.1, 0.15) is 42.6 Å². The zero-order chi connectivity index (χ0) is 14.0. The molecule has 3 nitrogen and oxygen atoms in total. The third-order valence-corrected chi connectivity index (χ3v) is 3.31. The number of hydrogen-bond donors (Lipinski definition) is 1. The highest BCUT2D eigenvalue weighted by molar-refractivity contribution is 5.88. The lowest BCUT2D eigenvalue weighted by Gasteiger charge is -2.24. The first-order chi connectivity index (χ1) is 8.97. The predicted molar refractivity (Wildman–Crippen MR) is 71.6 cm³/mol. The number of rotatable bonds is 6. The van der Waals surface area contributed by atoms with E-state index in [-0.39, 0.29) is 5.56 Å². The van der Waals surface area contributed by atoms with Crippen molar-refractivity contribution in [3.05, 3.63) is 35.1 Å². The summed E-state index contributed by atoms with van der Waals surface area (Å²) < 4.78 is 13.3. The first-order valence-electron chi connectivity index (χ1n) is 6.73. The van der Waals surface area contributed by atoms with Crippen LogP contribution in [0.15, 0.2) is 18.2 Å². The van der Waals surface area contributed by atoms with E-state index in [1.807, 2.05) is 0 Å². The summed E-state index contributed by atoms with van der Waals surface area (Å²) in [7, 11) is 0. The van der Waals surface area contributed by atoms with Crippen LogP contribution in [0.2, 0.25) is 0 Å². The molecular formula is C15H20FNO2. The molecule has 1 aliphatic carbocycles. The van der Waals surface area contributed by atoms with E-state index in [2.05, 4.69) is 18.7 Å². The van der Waals surface area contributed by atoms with Gasteiger partial charge in [-0.1, -0.05) is 19.9 Å². The quantitative estimate of drug-likeness (QED) is 0.859. The molecule has 4 heteroatoms. The molecule has 0 heterocycles. The summed E-state index contributed by atoms with van der Waals surface area (Å²) in [6, 6.07) is 4.99. The molecule has 1 aromatic rings. The van der Waals surface area contributed by atoms with E-state index in [1.54, 1.807) is 6.07 Å². The molecule has 1 aliphatic rings. The second-order valence-electron chi connectivity index (χ2n) is 5.67. The van der Waals surface area contributed by atoms with Crippen LogP contribution >= 0.6 is 0 Å². The molecule has 1 fully saturated rings. The topological polar surface area (TPSA) is 40.5 Å². The molecule has 104 valence electrons. The summed E-state index contributed by atoms with van der Waals surface area (Å²) in [4.78, 5) is 13.3. The van der Waals surface area contributed by atoms with Gasteiger partial charge in [-0.15, -0.1) is 0 Å². The highest BCUT2D eigenvalue weighted by Gasteiger charge is 2.29. The van der Waals surface area contributed by atoms with Crippen molar-refractivity contribution in [3.63, 3.8) is 0 Å². The van der Waals surface area contributed by atoms with Crippen molar-refractivity contribution in [2.24, 2.45) is 5.92 Å². The van der Waals surface area contributed by atoms with Crippen LogP contribution in [0.25, 0.3) is 0 Å². The Bertz CT molecular complexity index is 469. The van der Waals surface area contributed by atoms with Crippen molar-refractivity contribution in [2.45, 2.75) is 39.3 Å². The minimum Gasteiger partial charge on any atom is -0.478 e. The third kappa shape index (κ3) is 3.77. The molecule has 0 aliphatic heterocycles. The summed E-state index contributed by atoms with van der Waals surface area (Å²) in [6.45, 7) is 6.03. The normalized spacial score (nSPS) is 15.2. The zero-order valence-electron chi connectivity index (χ0n) is 11.4. The second kappa shape index (κ2) is 5.70. The Balaban J connectivity index is 2.12.